The number of aliphatic hydroxyl groups is 1. The number of phenolic OH excluding ortho intramolecular Hbond substituents is 2. The molecule has 350 valence electrons. The number of cyclic esters (lactones) is 1. The van der Waals surface area contributed by atoms with E-state index in [1.807, 2.05) is 17.0 Å². The molecule has 7 heterocycles. The van der Waals surface area contributed by atoms with Gasteiger partial charge in [0.25, 0.3) is 11.5 Å². The number of halogens is 1. The zero-order valence-corrected chi connectivity index (χ0v) is 37.4. The molecule has 2 fully saturated rings. The highest BCUT2D eigenvalue weighted by molar-refractivity contribution is 5.94. The first kappa shape index (κ1) is 43.2. The standard InChI is InChI=1S/C49H47FN8O10/c1-4-49(66)33-14-37-43-31(20-56(37)45(62)32(33)21-67-46(49)63)42-35(12-11-29-24(3)34(50)15-36(51-43)41(29)42)52-48(65)68-22-40(61)57-27-9-10-28(57)19-55(18-27)17-25-5-7-26(8-6-25)58-44(53-54-47(58)64)30-13-23(2)38(59)16-39(30)60/h5-8,13-16,27-28,35,59-60,66H,4,9-12,17-22H2,1-3H3,(H,52,65)(H,54,64)/t27-,28+,35-,49-/m0/s1. The number of aryl methyl sites for hydroxylation is 2. The molecule has 4 atom stereocenters. The van der Waals surface area contributed by atoms with Gasteiger partial charge in [-0.1, -0.05) is 19.1 Å². The maximum atomic E-state index is 15.4. The van der Waals surface area contributed by atoms with E-state index >= 15 is 4.39 Å². The van der Waals surface area contributed by atoms with Gasteiger partial charge in [-0.15, -0.1) is 0 Å². The summed E-state index contributed by atoms with van der Waals surface area (Å²) < 4.78 is 29.1. The smallest absolute Gasteiger partial charge is 0.408 e. The van der Waals surface area contributed by atoms with Crippen molar-refractivity contribution in [3.05, 3.63) is 120 Å². The van der Waals surface area contributed by atoms with E-state index in [9.17, 15) is 39.3 Å². The minimum atomic E-state index is -2.03. The van der Waals surface area contributed by atoms with E-state index in [1.165, 1.54) is 21.3 Å². The molecule has 0 unspecified atom stereocenters. The molecule has 2 amide bonds. The van der Waals surface area contributed by atoms with Gasteiger partial charge in [0.05, 0.1) is 46.3 Å². The number of benzene rings is 3. The molecule has 18 nitrogen and oxygen atoms in total. The predicted octanol–water partition coefficient (Wildman–Crippen LogP) is 4.38. The van der Waals surface area contributed by atoms with Crippen molar-refractivity contribution in [2.45, 2.75) is 96.3 Å². The van der Waals surface area contributed by atoms with Crippen molar-refractivity contribution < 1.29 is 43.6 Å². The lowest BCUT2D eigenvalue weighted by atomic mass is 9.81. The van der Waals surface area contributed by atoms with Crippen molar-refractivity contribution in [3.63, 3.8) is 0 Å². The van der Waals surface area contributed by atoms with Gasteiger partial charge in [0, 0.05) is 60.4 Å². The number of carbonyl (C=O) groups excluding carboxylic acids is 3. The number of likely N-dealkylation sites (tertiary alicyclic amines) is 1. The Labute approximate surface area is 386 Å². The lowest BCUT2D eigenvalue weighted by Crippen LogP contribution is -2.56. The fourth-order valence-corrected chi connectivity index (χ4v) is 11.2. The molecule has 2 bridgehead atoms. The Morgan fingerprint density at radius 3 is 2.47 bits per heavy atom. The van der Waals surface area contributed by atoms with Gasteiger partial charge < -0.3 is 39.6 Å². The molecule has 6 aromatic rings. The number of pyridine rings is 2. The topological polar surface area (TPSA) is 234 Å². The maximum Gasteiger partial charge on any atom is 0.408 e. The molecule has 4 aliphatic heterocycles. The Bertz CT molecular complexity index is 3280. The van der Waals surface area contributed by atoms with E-state index in [2.05, 4.69) is 20.4 Å². The summed E-state index contributed by atoms with van der Waals surface area (Å²) in [4.78, 5) is 76.1. The lowest BCUT2D eigenvalue weighted by molar-refractivity contribution is -0.172. The molecule has 0 radical (unpaired) electrons. The molecule has 3 aromatic carbocycles. The summed E-state index contributed by atoms with van der Waals surface area (Å²) in [7, 11) is 0. The first-order chi connectivity index (χ1) is 32.6. The first-order valence-electron chi connectivity index (χ1n) is 22.7. The summed E-state index contributed by atoms with van der Waals surface area (Å²) in [6.45, 7) is 6.15. The number of piperazine rings is 1. The summed E-state index contributed by atoms with van der Waals surface area (Å²) in [5.41, 5.74) is 3.30. The number of hydrogen-bond acceptors (Lipinski definition) is 13. The van der Waals surface area contributed by atoms with Crippen molar-refractivity contribution in [2.24, 2.45) is 0 Å². The third-order valence-electron chi connectivity index (χ3n) is 14.7. The molecule has 2 saturated heterocycles. The molecule has 68 heavy (non-hydrogen) atoms. The second-order valence-electron chi connectivity index (χ2n) is 18.5. The normalized spacial score (nSPS) is 21.3. The van der Waals surface area contributed by atoms with Crippen LogP contribution in [0.2, 0.25) is 0 Å². The molecule has 19 heteroatoms. The summed E-state index contributed by atoms with van der Waals surface area (Å²) in [5, 5.41) is 42.2. The van der Waals surface area contributed by atoms with Gasteiger partial charge in [0.15, 0.2) is 18.0 Å². The highest BCUT2D eigenvalue weighted by atomic mass is 19.1. The number of phenols is 2. The lowest BCUT2D eigenvalue weighted by Gasteiger charge is -2.41. The van der Waals surface area contributed by atoms with Crippen LogP contribution in [0.3, 0.4) is 0 Å². The van der Waals surface area contributed by atoms with Crippen molar-refractivity contribution in [1.29, 1.82) is 0 Å². The van der Waals surface area contributed by atoms with Gasteiger partial charge in [0.2, 0.25) is 0 Å². The number of aromatic amines is 1. The number of carbonyl (C=O) groups is 3. The second kappa shape index (κ2) is 15.9. The highest BCUT2D eigenvalue weighted by Crippen LogP contribution is 2.46. The Kier molecular flexibility index (Phi) is 10.1. The maximum absolute atomic E-state index is 15.4. The molecule has 5 N–H and O–H groups in total. The average molecular weight is 927 g/mol. The number of nitrogens with one attached hydrogen (secondary N) is 2. The molecule has 5 aliphatic rings. The SMILES string of the molecule is CC[C@@]1(O)C(=O)OCc2c1cc1n(c2=O)Cc2c-1nc1cc(F)c(C)c3c1c2[C@@H](NC(=O)OCC(=O)N1[C@@H]2CC[C@H]1CN(Cc1ccc(-n4c(-c5cc(C)c(O)cc5O)n[nH]c4=O)cc1)C2)CC3. The number of alkyl carbamates (subject to hydrolysis) is 1. The molecular weight excluding hydrogens is 880 g/mol. The van der Waals surface area contributed by atoms with Gasteiger partial charge in [-0.2, -0.15) is 5.10 Å². The number of esters is 1. The average Bonchev–Trinajstić information content (AvgIpc) is 3.98. The first-order valence-corrected chi connectivity index (χ1v) is 22.7. The molecule has 0 spiro atoms. The van der Waals surface area contributed by atoms with Crippen LogP contribution in [0.15, 0.2) is 58.1 Å². The van der Waals surface area contributed by atoms with Crippen molar-refractivity contribution >= 4 is 28.9 Å². The third-order valence-corrected chi connectivity index (χ3v) is 14.7. The van der Waals surface area contributed by atoms with Crippen molar-refractivity contribution in [3.8, 4) is 40.0 Å². The van der Waals surface area contributed by atoms with Crippen molar-refractivity contribution in [1.82, 2.24) is 39.4 Å². The fraction of sp³-hybridized carbons (Fsp3) is 0.367. The fourth-order valence-electron chi connectivity index (χ4n) is 11.2. The van der Waals surface area contributed by atoms with Crippen LogP contribution in [-0.2, 0) is 50.8 Å². The Morgan fingerprint density at radius 2 is 1.74 bits per heavy atom. The van der Waals surface area contributed by atoms with Crippen LogP contribution in [0, 0.1) is 19.7 Å². The molecule has 0 saturated carbocycles. The van der Waals surface area contributed by atoms with Crippen LogP contribution in [0.1, 0.15) is 83.2 Å². The van der Waals surface area contributed by atoms with Crippen LogP contribution in [0.4, 0.5) is 9.18 Å². The number of H-pyrrole nitrogens is 1. The van der Waals surface area contributed by atoms with Crippen LogP contribution < -0.4 is 16.6 Å². The molecular formula is C49H47FN8O10. The summed E-state index contributed by atoms with van der Waals surface area (Å²) in [5.74, 6) is -1.68. The van der Waals surface area contributed by atoms with E-state index in [4.69, 9.17) is 14.5 Å². The number of nitrogens with zero attached hydrogens (tertiary/aromatic N) is 6. The minimum Gasteiger partial charge on any atom is -0.508 e. The number of fused-ring (bicyclic) bond motifs is 7. The summed E-state index contributed by atoms with van der Waals surface area (Å²) >= 11 is 0. The predicted molar refractivity (Wildman–Crippen MR) is 241 cm³/mol. The van der Waals surface area contributed by atoms with Gasteiger partial charge >= 0.3 is 17.8 Å². The van der Waals surface area contributed by atoms with E-state index in [0.29, 0.717) is 82.7 Å². The van der Waals surface area contributed by atoms with Gasteiger partial charge in [-0.25, -0.2) is 33.4 Å². The van der Waals surface area contributed by atoms with Crippen LogP contribution in [0.25, 0.3) is 39.4 Å². The quantitative estimate of drug-likeness (QED) is 0.133. The second-order valence-corrected chi connectivity index (χ2v) is 18.5. The largest absolute Gasteiger partial charge is 0.508 e. The van der Waals surface area contributed by atoms with Gasteiger partial charge in [0.1, 0.15) is 23.9 Å². The number of hydrogen-bond donors (Lipinski definition) is 5. The van der Waals surface area contributed by atoms with E-state index in [-0.39, 0.29) is 71.6 Å². The number of amides is 2. The highest BCUT2D eigenvalue weighted by Gasteiger charge is 2.46. The number of aromatic hydroxyl groups is 2. The Hall–Kier alpha value is -7.38. The van der Waals surface area contributed by atoms with Crippen LogP contribution in [-0.4, -0.2) is 99.2 Å². The van der Waals surface area contributed by atoms with E-state index in [0.717, 1.165) is 24.0 Å². The van der Waals surface area contributed by atoms with E-state index in [1.54, 1.807) is 45.0 Å². The summed E-state index contributed by atoms with van der Waals surface area (Å²) in [6.07, 6.45) is 1.58. The minimum absolute atomic E-state index is 0.0249. The van der Waals surface area contributed by atoms with Gasteiger partial charge in [-0.3, -0.25) is 14.5 Å². The van der Waals surface area contributed by atoms with Crippen molar-refractivity contribution in [2.75, 3.05) is 19.7 Å². The monoisotopic (exact) mass is 926 g/mol. The Morgan fingerprint density at radius 1 is 0.985 bits per heavy atom. The van der Waals surface area contributed by atoms with Gasteiger partial charge in [-0.05, 0) is 98.0 Å². The number of ether oxygens (including phenoxy) is 2. The molecule has 3 aromatic heterocycles. The summed E-state index contributed by atoms with van der Waals surface area (Å²) in [6, 6.07) is 12.3. The molecule has 1 aliphatic carbocycles. The zero-order chi connectivity index (χ0) is 47.5. The number of rotatable bonds is 8. The zero-order valence-electron chi connectivity index (χ0n) is 37.4. The number of aromatic nitrogens is 5. The van der Waals surface area contributed by atoms with Crippen LogP contribution >= 0.6 is 0 Å². The third kappa shape index (κ3) is 6.69. The molecule has 11 rings (SSSR count). The van der Waals surface area contributed by atoms with Crippen LogP contribution in [0.5, 0.6) is 11.5 Å². The van der Waals surface area contributed by atoms with E-state index < -0.39 is 47.4 Å². The Balaban J connectivity index is 0.774.